The molecular formula is C13H18BrNO2. The second-order valence-corrected chi connectivity index (χ2v) is 5.46. The van der Waals surface area contributed by atoms with Gasteiger partial charge in [-0.2, -0.15) is 0 Å². The predicted molar refractivity (Wildman–Crippen MR) is 71.0 cm³/mol. The summed E-state index contributed by atoms with van der Waals surface area (Å²) in [7, 11) is 1.63. The topological polar surface area (TPSA) is 55.5 Å². The molecule has 0 amide bonds. The number of benzene rings is 1. The van der Waals surface area contributed by atoms with Gasteiger partial charge in [-0.1, -0.05) is 12.5 Å². The van der Waals surface area contributed by atoms with Crippen LogP contribution in [-0.2, 0) is 0 Å². The van der Waals surface area contributed by atoms with Crippen LogP contribution in [0.25, 0.3) is 0 Å². The first-order valence-corrected chi connectivity index (χ1v) is 6.70. The zero-order valence-electron chi connectivity index (χ0n) is 9.90. The number of hydrogen-bond acceptors (Lipinski definition) is 3. The molecule has 0 aromatic heterocycles. The normalized spacial score (nSPS) is 19.5. The van der Waals surface area contributed by atoms with E-state index >= 15 is 0 Å². The van der Waals surface area contributed by atoms with Crippen LogP contribution in [0.3, 0.4) is 0 Å². The SMILES string of the molecule is COc1ccc([C@H](N)[C@H](O)C2CCC2)cc1Br. The molecule has 3 N–H and O–H groups in total. The number of methoxy groups -OCH3 is 1. The van der Waals surface area contributed by atoms with Crippen molar-refractivity contribution in [2.24, 2.45) is 11.7 Å². The Balaban J connectivity index is 2.12. The Morgan fingerprint density at radius 3 is 2.65 bits per heavy atom. The van der Waals surface area contributed by atoms with E-state index in [1.54, 1.807) is 7.11 Å². The van der Waals surface area contributed by atoms with E-state index in [1.165, 1.54) is 6.42 Å². The lowest BCUT2D eigenvalue weighted by molar-refractivity contribution is 0.0413. The molecule has 1 aliphatic carbocycles. The highest BCUT2D eigenvalue weighted by Crippen LogP contribution is 2.35. The smallest absolute Gasteiger partial charge is 0.133 e. The van der Waals surface area contributed by atoms with Crippen molar-refractivity contribution in [1.29, 1.82) is 0 Å². The third-order valence-electron chi connectivity index (χ3n) is 3.56. The van der Waals surface area contributed by atoms with E-state index in [1.807, 2.05) is 18.2 Å². The lowest BCUT2D eigenvalue weighted by atomic mass is 9.77. The van der Waals surface area contributed by atoms with Gasteiger partial charge in [-0.15, -0.1) is 0 Å². The van der Waals surface area contributed by atoms with Crippen molar-refractivity contribution < 1.29 is 9.84 Å². The van der Waals surface area contributed by atoms with Crippen LogP contribution in [-0.4, -0.2) is 18.3 Å². The third-order valence-corrected chi connectivity index (χ3v) is 4.18. The molecule has 0 heterocycles. The van der Waals surface area contributed by atoms with E-state index in [4.69, 9.17) is 10.5 Å². The van der Waals surface area contributed by atoms with E-state index in [-0.39, 0.29) is 6.04 Å². The van der Waals surface area contributed by atoms with E-state index in [9.17, 15) is 5.11 Å². The average molecular weight is 300 g/mol. The standard InChI is InChI=1S/C13H18BrNO2/c1-17-11-6-5-9(7-10(11)14)12(15)13(16)8-3-2-4-8/h5-8,12-13,16H,2-4,15H2,1H3/t12-,13+/m0/s1. The number of halogens is 1. The number of nitrogens with two attached hydrogens (primary N) is 1. The van der Waals surface area contributed by atoms with Crippen LogP contribution in [0, 0.1) is 5.92 Å². The summed E-state index contributed by atoms with van der Waals surface area (Å²) in [6.07, 6.45) is 2.95. The van der Waals surface area contributed by atoms with Gasteiger partial charge in [0.15, 0.2) is 0 Å². The molecule has 1 aliphatic rings. The van der Waals surface area contributed by atoms with Crippen molar-refractivity contribution in [3.63, 3.8) is 0 Å². The predicted octanol–water partition coefficient (Wildman–Crippen LogP) is 2.62. The van der Waals surface area contributed by atoms with Crippen LogP contribution in [0.4, 0.5) is 0 Å². The highest BCUT2D eigenvalue weighted by atomic mass is 79.9. The molecule has 1 fully saturated rings. The fraction of sp³-hybridized carbons (Fsp3) is 0.538. The Morgan fingerprint density at radius 2 is 2.18 bits per heavy atom. The molecule has 4 heteroatoms. The van der Waals surface area contributed by atoms with Gasteiger partial charge in [-0.05, 0) is 52.4 Å². The van der Waals surface area contributed by atoms with Gasteiger partial charge in [0.25, 0.3) is 0 Å². The summed E-state index contributed by atoms with van der Waals surface area (Å²) in [6.45, 7) is 0. The molecule has 2 rings (SSSR count). The maximum absolute atomic E-state index is 10.1. The van der Waals surface area contributed by atoms with Crippen LogP contribution in [0.5, 0.6) is 5.75 Å². The molecule has 1 aromatic carbocycles. The molecule has 0 saturated heterocycles. The molecule has 0 unspecified atom stereocenters. The third kappa shape index (κ3) is 2.64. The van der Waals surface area contributed by atoms with Gasteiger partial charge < -0.3 is 15.6 Å². The highest BCUT2D eigenvalue weighted by molar-refractivity contribution is 9.10. The molecule has 0 aliphatic heterocycles. The second-order valence-electron chi connectivity index (χ2n) is 4.60. The van der Waals surface area contributed by atoms with E-state index in [0.717, 1.165) is 28.6 Å². The maximum atomic E-state index is 10.1. The first-order chi connectivity index (χ1) is 8.13. The van der Waals surface area contributed by atoms with E-state index < -0.39 is 6.10 Å². The summed E-state index contributed by atoms with van der Waals surface area (Å²) in [4.78, 5) is 0. The Bertz CT molecular complexity index is 393. The summed E-state index contributed by atoms with van der Waals surface area (Å²) < 4.78 is 6.04. The maximum Gasteiger partial charge on any atom is 0.133 e. The number of aliphatic hydroxyl groups excluding tert-OH is 1. The van der Waals surface area contributed by atoms with Crippen molar-refractivity contribution in [2.75, 3.05) is 7.11 Å². The van der Waals surface area contributed by atoms with Gasteiger partial charge in [0, 0.05) is 0 Å². The number of rotatable bonds is 4. The van der Waals surface area contributed by atoms with Gasteiger partial charge in [0.05, 0.1) is 23.7 Å². The molecule has 0 radical (unpaired) electrons. The average Bonchev–Trinajstić information content (AvgIpc) is 2.25. The first-order valence-electron chi connectivity index (χ1n) is 5.90. The zero-order chi connectivity index (χ0) is 12.4. The van der Waals surface area contributed by atoms with Gasteiger partial charge in [0.2, 0.25) is 0 Å². The number of aliphatic hydroxyl groups is 1. The zero-order valence-corrected chi connectivity index (χ0v) is 11.5. The lowest BCUT2D eigenvalue weighted by Crippen LogP contribution is -2.36. The summed E-state index contributed by atoms with van der Waals surface area (Å²) in [5.41, 5.74) is 7.04. The van der Waals surface area contributed by atoms with Crippen LogP contribution < -0.4 is 10.5 Å². The molecule has 0 bridgehead atoms. The second kappa shape index (κ2) is 5.38. The molecule has 1 aromatic rings. The molecule has 0 spiro atoms. The summed E-state index contributed by atoms with van der Waals surface area (Å²) in [6, 6.07) is 5.39. The largest absolute Gasteiger partial charge is 0.496 e. The molecule has 1 saturated carbocycles. The molecule has 3 nitrogen and oxygen atoms in total. The number of hydrogen-bond donors (Lipinski definition) is 2. The van der Waals surface area contributed by atoms with Gasteiger partial charge in [-0.25, -0.2) is 0 Å². The van der Waals surface area contributed by atoms with Gasteiger partial charge in [-0.3, -0.25) is 0 Å². The lowest BCUT2D eigenvalue weighted by Gasteiger charge is -2.33. The molecule has 94 valence electrons. The van der Waals surface area contributed by atoms with Crippen LogP contribution >= 0.6 is 15.9 Å². The molecule has 17 heavy (non-hydrogen) atoms. The minimum Gasteiger partial charge on any atom is -0.496 e. The van der Waals surface area contributed by atoms with E-state index in [0.29, 0.717) is 5.92 Å². The van der Waals surface area contributed by atoms with Crippen LogP contribution in [0.15, 0.2) is 22.7 Å². The minimum absolute atomic E-state index is 0.317. The summed E-state index contributed by atoms with van der Waals surface area (Å²) >= 11 is 3.43. The van der Waals surface area contributed by atoms with E-state index in [2.05, 4.69) is 15.9 Å². The Morgan fingerprint density at radius 1 is 1.47 bits per heavy atom. The Kier molecular flexibility index (Phi) is 4.07. The Labute approximate surface area is 110 Å². The molecule has 2 atom stereocenters. The summed E-state index contributed by atoms with van der Waals surface area (Å²) in [5, 5.41) is 10.1. The van der Waals surface area contributed by atoms with Crippen molar-refractivity contribution >= 4 is 15.9 Å². The van der Waals surface area contributed by atoms with Crippen LogP contribution in [0.2, 0.25) is 0 Å². The molecular weight excluding hydrogens is 282 g/mol. The van der Waals surface area contributed by atoms with Gasteiger partial charge in [0.1, 0.15) is 5.75 Å². The summed E-state index contributed by atoms with van der Waals surface area (Å²) in [5.74, 6) is 1.14. The van der Waals surface area contributed by atoms with Gasteiger partial charge >= 0.3 is 0 Å². The Hall–Kier alpha value is -0.580. The van der Waals surface area contributed by atoms with Crippen molar-refractivity contribution in [1.82, 2.24) is 0 Å². The van der Waals surface area contributed by atoms with Crippen molar-refractivity contribution in [2.45, 2.75) is 31.4 Å². The fourth-order valence-electron chi connectivity index (χ4n) is 2.16. The minimum atomic E-state index is -0.441. The quantitative estimate of drug-likeness (QED) is 0.898. The van der Waals surface area contributed by atoms with Crippen molar-refractivity contribution in [3.8, 4) is 5.75 Å². The first kappa shape index (κ1) is 12.9. The van der Waals surface area contributed by atoms with Crippen LogP contribution in [0.1, 0.15) is 30.9 Å². The van der Waals surface area contributed by atoms with Crippen molar-refractivity contribution in [3.05, 3.63) is 28.2 Å². The fourth-order valence-corrected chi connectivity index (χ4v) is 2.72. The number of ether oxygens (including phenoxy) is 1. The highest BCUT2D eigenvalue weighted by Gasteiger charge is 2.30. The monoisotopic (exact) mass is 299 g/mol.